The molecule has 5 aromatic heterocycles. The third kappa shape index (κ3) is 16.4. The van der Waals surface area contributed by atoms with Crippen molar-refractivity contribution in [1.82, 2.24) is 30.2 Å². The van der Waals surface area contributed by atoms with E-state index in [4.69, 9.17) is 65.1 Å². The van der Waals surface area contributed by atoms with Crippen LogP contribution in [0.4, 0.5) is 11.6 Å². The number of rotatable bonds is 10. The van der Waals surface area contributed by atoms with Gasteiger partial charge in [-0.2, -0.15) is 0 Å². The van der Waals surface area contributed by atoms with Crippen molar-refractivity contribution >= 4 is 51.8 Å². The van der Waals surface area contributed by atoms with Crippen LogP contribution in [0.3, 0.4) is 0 Å². The number of hydrogen-bond donors (Lipinski definition) is 2. The molecule has 1 unspecified atom stereocenters. The summed E-state index contributed by atoms with van der Waals surface area (Å²) in [5.74, 6) is 4.29. The summed E-state index contributed by atoms with van der Waals surface area (Å²) in [6, 6.07) is 52.7. The number of aromatic nitrogens is 5. The van der Waals surface area contributed by atoms with Crippen molar-refractivity contribution in [2.45, 2.75) is 31.2 Å². The number of ether oxygens (including phenoxy) is 5. The lowest BCUT2D eigenvalue weighted by molar-refractivity contribution is 0.0691. The minimum atomic E-state index is -1.04. The van der Waals surface area contributed by atoms with E-state index >= 15 is 0 Å². The number of aromatic carboxylic acids is 1. The molecule has 10 aromatic rings. The molecular weight excluding hydrogens is 1180 g/mol. The summed E-state index contributed by atoms with van der Waals surface area (Å²) in [6.07, 6.45) is 11.6. The van der Waals surface area contributed by atoms with E-state index in [0.29, 0.717) is 45.0 Å². The van der Waals surface area contributed by atoms with Gasteiger partial charge in [0.25, 0.3) is 16.9 Å². The average molecular weight is 1240 g/mol. The summed E-state index contributed by atoms with van der Waals surface area (Å²) in [5, 5.41) is 12.5. The number of carboxylic acids is 1. The summed E-state index contributed by atoms with van der Waals surface area (Å²) in [6.45, 7) is 14.8. The van der Waals surface area contributed by atoms with Crippen LogP contribution in [0.15, 0.2) is 201 Å². The normalized spacial score (nSPS) is 13.2. The van der Waals surface area contributed by atoms with Crippen molar-refractivity contribution in [2.24, 2.45) is 0 Å². The quantitative estimate of drug-likeness (QED) is 0.0966. The number of benzene rings is 5. The van der Waals surface area contributed by atoms with Gasteiger partial charge in [0, 0.05) is 52.4 Å². The highest BCUT2D eigenvalue weighted by molar-refractivity contribution is 6.68. The molecule has 5 aromatic carbocycles. The average Bonchev–Trinajstić information content (AvgIpc) is 2.61. The van der Waals surface area contributed by atoms with Crippen LogP contribution in [0.25, 0.3) is 54.2 Å². The summed E-state index contributed by atoms with van der Waals surface area (Å²) in [4.78, 5) is 60.5. The first-order chi connectivity index (χ1) is 43.8. The van der Waals surface area contributed by atoms with Crippen LogP contribution in [0.2, 0.25) is 5.02 Å². The number of carbonyl (C=O) groups excluding carboxylic acids is 2. The Labute approximate surface area is 531 Å². The van der Waals surface area contributed by atoms with E-state index in [1.54, 1.807) is 121 Å². The molecule has 1 aliphatic heterocycles. The number of nitrogens with one attached hydrogen (secondary N) is 1. The van der Waals surface area contributed by atoms with Crippen LogP contribution in [-0.4, -0.2) is 95.2 Å². The minimum absolute atomic E-state index is 0.00625. The Morgan fingerprint density at radius 1 is 0.522 bits per heavy atom. The Balaban J connectivity index is 0.000000141. The second kappa shape index (κ2) is 32.2. The molecule has 1 saturated heterocycles. The minimum Gasteiger partial charge on any atom is -0.497 e. The van der Waals surface area contributed by atoms with E-state index in [9.17, 15) is 14.4 Å². The third-order valence-corrected chi connectivity index (χ3v) is 14.9. The molecule has 2 atom stereocenters. The van der Waals surface area contributed by atoms with Gasteiger partial charge in [-0.25, -0.2) is 9.78 Å². The zero-order valence-electron chi connectivity index (χ0n) is 49.6. The number of carboxylic acid groups (broad SMARTS) is 1. The molecule has 3 aliphatic rings. The van der Waals surface area contributed by atoms with E-state index in [0.717, 1.165) is 62.3 Å². The molecule has 0 saturated carbocycles. The summed E-state index contributed by atoms with van der Waals surface area (Å²) < 4.78 is 25.9. The first-order valence-corrected chi connectivity index (χ1v) is 28.7. The molecule has 1 fully saturated rings. The highest BCUT2D eigenvalue weighted by atomic mass is 35.5. The van der Waals surface area contributed by atoms with Crippen molar-refractivity contribution in [1.29, 1.82) is 0 Å². The van der Waals surface area contributed by atoms with Gasteiger partial charge in [-0.1, -0.05) is 91.5 Å². The smallest absolute Gasteiger partial charge is 0.355 e. The fourth-order valence-electron chi connectivity index (χ4n) is 10.2. The topological polar surface area (TPSA) is 203 Å². The highest BCUT2D eigenvalue weighted by Gasteiger charge is 2.34. The van der Waals surface area contributed by atoms with Crippen LogP contribution in [0.1, 0.15) is 66.9 Å². The van der Waals surface area contributed by atoms with Crippen molar-refractivity contribution < 1.29 is 43.2 Å². The van der Waals surface area contributed by atoms with Gasteiger partial charge < -0.3 is 43.8 Å². The zero-order chi connectivity index (χ0) is 63.9. The van der Waals surface area contributed by atoms with Crippen LogP contribution in [0, 0.1) is 13.1 Å². The van der Waals surface area contributed by atoms with Gasteiger partial charge in [0.2, 0.25) is 5.78 Å². The Kier molecular flexibility index (Phi) is 23.3. The van der Waals surface area contributed by atoms with Gasteiger partial charge in [0.15, 0.2) is 5.69 Å². The fraction of sp³-hybridized carbons (Fsp3) is 0.155. The third-order valence-electron chi connectivity index (χ3n) is 14.4. The molecule has 13 rings (SSSR count). The number of nitrogens with zero attached hydrogens (tertiary/aromatic N) is 7. The standard InChI is InChI=1S/C13H10ClNO2.C13H10N2O.C13H11NO3.C13H9NO2.C13H17NO.C6H3ClN2/c1-17-10-5-2-4-9(8-10)11-6-3-7-15-12(11)13(14)16;1-14-13-12(7-4-8-15-13)10-5-3-6-11(9-10)16-2;1-17-10-5-2-4-9(8-10)11-6-3-7-14-12(11)13(15)16;1-16-8-4-5-10-11(7-8)9-3-2-6-14-12(9)13(10)15;1-15-10-5-4-9-7-13-11(12(9)8-10)3-2-6-14-13;1-8-6-5(7)3-2-4-9-6/h2-8H,1H3;3-9H,2H3;2-8H,1H3,(H,15,16);2-7H,1H3;4-5,8,11,13-14H,2-3,6-7H2,1H3;2-4H/t;;;;11?,13-;/m....0./s1. The molecule has 2 N–H and O–H groups in total. The van der Waals surface area contributed by atoms with Crippen molar-refractivity contribution in [3.8, 4) is 73.3 Å². The summed E-state index contributed by atoms with van der Waals surface area (Å²) in [7, 11) is 8.14. The number of methoxy groups -OCH3 is 5. The maximum atomic E-state index is 12.0. The fourth-order valence-corrected chi connectivity index (χ4v) is 10.5. The van der Waals surface area contributed by atoms with Crippen LogP contribution in [0.5, 0.6) is 28.7 Å². The molecular formula is C71H60Cl2N8O9. The van der Waals surface area contributed by atoms with E-state index in [2.05, 4.69) is 58.1 Å². The maximum absolute atomic E-state index is 12.0. The number of ketones is 1. The number of piperidine rings is 1. The highest BCUT2D eigenvalue weighted by Crippen LogP contribution is 2.41. The molecule has 90 heavy (non-hydrogen) atoms. The molecule has 0 radical (unpaired) electrons. The SMILES string of the molecule is COc1ccc2c(c1)-c1cccnc1C2=O.COc1ccc2c(c1)C1CCCN[C@H]1C2.COc1cccc(-c2cccnc2C(=O)Cl)c1.COc1cccc(-c2cccnc2C(=O)O)c1.[C-]#[N+]c1ncccc1-c1cccc(OC)c1.[C-]#[N+]c1ncccc1Cl. The van der Waals surface area contributed by atoms with Crippen molar-refractivity contribution in [2.75, 3.05) is 42.1 Å². The second-order valence-corrected chi connectivity index (χ2v) is 20.4. The number of carbonyl (C=O) groups is 3. The lowest BCUT2D eigenvalue weighted by Crippen LogP contribution is -2.37. The Morgan fingerprint density at radius 3 is 1.54 bits per heavy atom. The molecule has 6 heterocycles. The summed E-state index contributed by atoms with van der Waals surface area (Å²) >= 11 is 11.0. The number of pyridine rings is 5. The van der Waals surface area contributed by atoms with Crippen LogP contribution in [-0.2, 0) is 6.42 Å². The molecule has 2 aliphatic carbocycles. The predicted molar refractivity (Wildman–Crippen MR) is 348 cm³/mol. The number of halogens is 2. The maximum Gasteiger partial charge on any atom is 0.355 e. The summed E-state index contributed by atoms with van der Waals surface area (Å²) in [5.41, 5.74) is 11.0. The van der Waals surface area contributed by atoms with Gasteiger partial charge in [-0.05, 0) is 180 Å². The lowest BCUT2D eigenvalue weighted by atomic mass is 9.90. The van der Waals surface area contributed by atoms with Crippen LogP contribution < -0.4 is 29.0 Å². The molecule has 0 spiro atoms. The van der Waals surface area contributed by atoms with E-state index in [1.165, 1.54) is 43.1 Å². The first-order valence-electron chi connectivity index (χ1n) is 28.0. The van der Waals surface area contributed by atoms with Crippen molar-refractivity contribution in [3.05, 3.63) is 262 Å². The van der Waals surface area contributed by atoms with E-state index < -0.39 is 11.2 Å². The molecule has 0 bridgehead atoms. The number of hydrogen-bond acceptors (Lipinski definition) is 14. The molecule has 0 amide bonds. The Hall–Kier alpha value is -10.8. The van der Waals surface area contributed by atoms with Gasteiger partial charge in [0.1, 0.15) is 52.5 Å². The first kappa shape index (κ1) is 65.2. The van der Waals surface area contributed by atoms with Crippen LogP contribution >= 0.6 is 23.2 Å². The molecule has 19 heteroatoms. The Morgan fingerprint density at radius 2 is 1.00 bits per heavy atom. The van der Waals surface area contributed by atoms with Gasteiger partial charge >= 0.3 is 5.97 Å². The monoisotopic (exact) mass is 1240 g/mol. The van der Waals surface area contributed by atoms with E-state index in [1.807, 2.05) is 91.0 Å². The van der Waals surface area contributed by atoms with Crippen molar-refractivity contribution in [3.63, 3.8) is 0 Å². The predicted octanol–water partition coefficient (Wildman–Crippen LogP) is 15.6. The zero-order valence-corrected chi connectivity index (χ0v) is 51.1. The second-order valence-electron chi connectivity index (χ2n) is 19.7. The van der Waals surface area contributed by atoms with E-state index in [-0.39, 0.29) is 23.0 Å². The molecule has 452 valence electrons. The molecule has 17 nitrogen and oxygen atoms in total. The lowest BCUT2D eigenvalue weighted by Gasteiger charge is -2.27. The Bertz CT molecular complexity index is 4150. The largest absolute Gasteiger partial charge is 0.497 e. The van der Waals surface area contributed by atoms with Gasteiger partial charge in [-0.3, -0.25) is 19.6 Å². The van der Waals surface area contributed by atoms with Gasteiger partial charge in [-0.15, -0.1) is 9.97 Å². The number of fused-ring (bicyclic) bond motifs is 6. The van der Waals surface area contributed by atoms with Gasteiger partial charge in [0.05, 0.1) is 40.6 Å².